The van der Waals surface area contributed by atoms with E-state index < -0.39 is 0 Å². The molecule has 0 saturated heterocycles. The summed E-state index contributed by atoms with van der Waals surface area (Å²) in [4.78, 5) is 0. The van der Waals surface area contributed by atoms with E-state index in [2.05, 4.69) is 18.9 Å². The molecule has 0 aliphatic rings. The first kappa shape index (κ1) is 9.33. The van der Waals surface area contributed by atoms with Crippen molar-refractivity contribution < 1.29 is 0 Å². The van der Waals surface area contributed by atoms with Crippen molar-refractivity contribution in [1.29, 1.82) is 0 Å². The van der Waals surface area contributed by atoms with Crippen LogP contribution in [0.1, 0.15) is 25.5 Å². The Kier molecular flexibility index (Phi) is 3.35. The summed E-state index contributed by atoms with van der Waals surface area (Å²) < 4.78 is 1.92. The molecule has 0 aliphatic heterocycles. The lowest BCUT2D eigenvalue weighted by atomic mass is 10.3. The minimum Gasteiger partial charge on any atom is -0.270 e. The predicted molar refractivity (Wildman–Crippen MR) is 52.4 cm³/mol. The number of hydrogen-bond acceptors (Lipinski definition) is 1. The number of rotatable bonds is 3. The zero-order chi connectivity index (χ0) is 8.97. The van der Waals surface area contributed by atoms with Crippen LogP contribution >= 0.6 is 11.6 Å². The van der Waals surface area contributed by atoms with Crippen molar-refractivity contribution in [2.24, 2.45) is 0 Å². The molecule has 0 fully saturated rings. The Morgan fingerprint density at radius 1 is 1.67 bits per heavy atom. The van der Waals surface area contributed by atoms with Crippen LogP contribution in [-0.2, 0) is 0 Å². The molecule has 1 heterocycles. The summed E-state index contributed by atoms with van der Waals surface area (Å²) in [6.07, 6.45) is 7.72. The molecule has 0 amide bonds. The van der Waals surface area contributed by atoms with Gasteiger partial charge < -0.3 is 0 Å². The summed E-state index contributed by atoms with van der Waals surface area (Å²) in [6, 6.07) is 0.420. The predicted octanol–water partition coefficient (Wildman–Crippen LogP) is 2.72. The van der Waals surface area contributed by atoms with E-state index in [9.17, 15) is 0 Å². The second-order valence-electron chi connectivity index (χ2n) is 2.90. The Labute approximate surface area is 77.8 Å². The summed E-state index contributed by atoms with van der Waals surface area (Å²) >= 11 is 5.51. The summed E-state index contributed by atoms with van der Waals surface area (Å²) in [7, 11) is 0. The fourth-order valence-corrected chi connectivity index (χ4v) is 0.991. The average molecular weight is 185 g/mol. The third-order valence-corrected chi connectivity index (χ3v) is 1.73. The van der Waals surface area contributed by atoms with Crippen LogP contribution < -0.4 is 0 Å². The third kappa shape index (κ3) is 2.38. The van der Waals surface area contributed by atoms with Gasteiger partial charge in [-0.3, -0.25) is 4.68 Å². The van der Waals surface area contributed by atoms with Gasteiger partial charge in [0.2, 0.25) is 0 Å². The van der Waals surface area contributed by atoms with Gasteiger partial charge in [-0.2, -0.15) is 5.10 Å². The number of aromatic nitrogens is 2. The van der Waals surface area contributed by atoms with Crippen LogP contribution in [0.4, 0.5) is 0 Å². The molecular weight excluding hydrogens is 172 g/mol. The number of halogens is 1. The maximum atomic E-state index is 5.51. The molecule has 0 bridgehead atoms. The normalized spacial score (nSPS) is 11.7. The number of alkyl halides is 1. The van der Waals surface area contributed by atoms with E-state index >= 15 is 0 Å². The average Bonchev–Trinajstić information content (AvgIpc) is 2.48. The molecule has 0 aromatic carbocycles. The molecule has 2 nitrogen and oxygen atoms in total. The Morgan fingerprint density at radius 2 is 2.42 bits per heavy atom. The monoisotopic (exact) mass is 184 g/mol. The Morgan fingerprint density at radius 3 is 2.92 bits per heavy atom. The zero-order valence-corrected chi connectivity index (χ0v) is 8.12. The molecule has 66 valence electrons. The van der Waals surface area contributed by atoms with Gasteiger partial charge in [-0.25, -0.2) is 0 Å². The minimum atomic E-state index is 0.420. The number of allylic oxidation sites excluding steroid dienone is 1. The summed E-state index contributed by atoms with van der Waals surface area (Å²) in [6.45, 7) is 4.20. The fourth-order valence-electron chi connectivity index (χ4n) is 0.902. The summed E-state index contributed by atoms with van der Waals surface area (Å²) in [5.41, 5.74) is 1.10. The van der Waals surface area contributed by atoms with Gasteiger partial charge in [0, 0.05) is 23.7 Å². The van der Waals surface area contributed by atoms with Gasteiger partial charge in [-0.15, -0.1) is 11.6 Å². The van der Waals surface area contributed by atoms with Gasteiger partial charge in [0.1, 0.15) is 0 Å². The van der Waals surface area contributed by atoms with Crippen LogP contribution in [0.15, 0.2) is 18.5 Å². The van der Waals surface area contributed by atoms with Crippen molar-refractivity contribution in [2.75, 3.05) is 5.88 Å². The highest BCUT2D eigenvalue weighted by atomic mass is 35.5. The van der Waals surface area contributed by atoms with Gasteiger partial charge in [0.15, 0.2) is 0 Å². The molecule has 0 atom stereocenters. The topological polar surface area (TPSA) is 17.8 Å². The lowest BCUT2D eigenvalue weighted by Crippen LogP contribution is -1.99. The molecule has 0 spiro atoms. The van der Waals surface area contributed by atoms with Gasteiger partial charge in [0.05, 0.1) is 6.20 Å². The lowest BCUT2D eigenvalue weighted by molar-refractivity contribution is 0.532. The Balaban J connectivity index is 2.70. The van der Waals surface area contributed by atoms with Gasteiger partial charge in [0.25, 0.3) is 0 Å². The molecule has 0 N–H and O–H groups in total. The van der Waals surface area contributed by atoms with E-state index in [1.807, 2.05) is 29.2 Å². The summed E-state index contributed by atoms with van der Waals surface area (Å²) in [5.74, 6) is 0.548. The van der Waals surface area contributed by atoms with Crippen molar-refractivity contribution in [2.45, 2.75) is 19.9 Å². The molecule has 0 aliphatic carbocycles. The third-order valence-electron chi connectivity index (χ3n) is 1.55. The molecule has 1 aromatic rings. The maximum absolute atomic E-state index is 5.51. The minimum absolute atomic E-state index is 0.420. The van der Waals surface area contributed by atoms with Crippen molar-refractivity contribution >= 4 is 17.7 Å². The van der Waals surface area contributed by atoms with Crippen molar-refractivity contribution in [1.82, 2.24) is 9.78 Å². The first-order chi connectivity index (χ1) is 5.74. The maximum Gasteiger partial charge on any atom is 0.0562 e. The molecule has 0 radical (unpaired) electrons. The zero-order valence-electron chi connectivity index (χ0n) is 7.37. The van der Waals surface area contributed by atoms with Crippen LogP contribution in [-0.4, -0.2) is 15.7 Å². The first-order valence-electron chi connectivity index (χ1n) is 4.00. The van der Waals surface area contributed by atoms with E-state index in [-0.39, 0.29) is 0 Å². The standard InChI is InChI=1S/C9H13ClN2/c1-8(2)12-7-9(6-11-12)4-3-5-10/h3-4,6-8H,5H2,1-2H3/b4-3+. The summed E-state index contributed by atoms with van der Waals surface area (Å²) in [5, 5.41) is 4.19. The van der Waals surface area contributed by atoms with Gasteiger partial charge in [-0.1, -0.05) is 12.2 Å². The highest BCUT2D eigenvalue weighted by Gasteiger charge is 1.97. The number of nitrogens with zero attached hydrogens (tertiary/aromatic N) is 2. The van der Waals surface area contributed by atoms with Crippen molar-refractivity contribution in [3.8, 4) is 0 Å². The van der Waals surface area contributed by atoms with Crippen LogP contribution in [0.3, 0.4) is 0 Å². The highest BCUT2D eigenvalue weighted by Crippen LogP contribution is 2.06. The van der Waals surface area contributed by atoms with E-state index in [1.165, 1.54) is 0 Å². The largest absolute Gasteiger partial charge is 0.270 e. The molecular formula is C9H13ClN2. The molecule has 12 heavy (non-hydrogen) atoms. The molecule has 1 rings (SSSR count). The van der Waals surface area contributed by atoms with Crippen molar-refractivity contribution in [3.05, 3.63) is 24.0 Å². The molecule has 3 heteroatoms. The highest BCUT2D eigenvalue weighted by molar-refractivity contribution is 6.19. The second-order valence-corrected chi connectivity index (χ2v) is 3.21. The smallest absolute Gasteiger partial charge is 0.0562 e. The second kappa shape index (κ2) is 4.31. The van der Waals surface area contributed by atoms with E-state index in [0.717, 1.165) is 5.56 Å². The van der Waals surface area contributed by atoms with Crippen LogP contribution in [0.5, 0.6) is 0 Å². The SMILES string of the molecule is CC(C)n1cc(/C=C/CCl)cn1. The Bertz CT molecular complexity index is 263. The van der Waals surface area contributed by atoms with E-state index in [0.29, 0.717) is 11.9 Å². The quantitative estimate of drug-likeness (QED) is 0.661. The van der Waals surface area contributed by atoms with Crippen LogP contribution in [0, 0.1) is 0 Å². The van der Waals surface area contributed by atoms with Gasteiger partial charge in [-0.05, 0) is 13.8 Å². The molecule has 0 saturated carbocycles. The fraction of sp³-hybridized carbons (Fsp3) is 0.444. The van der Waals surface area contributed by atoms with Crippen LogP contribution in [0.2, 0.25) is 0 Å². The molecule has 0 unspecified atom stereocenters. The first-order valence-corrected chi connectivity index (χ1v) is 4.54. The number of hydrogen-bond donors (Lipinski definition) is 0. The Hall–Kier alpha value is -0.760. The van der Waals surface area contributed by atoms with E-state index in [1.54, 1.807) is 0 Å². The van der Waals surface area contributed by atoms with Crippen LogP contribution in [0.25, 0.3) is 6.08 Å². The van der Waals surface area contributed by atoms with Gasteiger partial charge >= 0.3 is 0 Å². The van der Waals surface area contributed by atoms with Crippen molar-refractivity contribution in [3.63, 3.8) is 0 Å². The van der Waals surface area contributed by atoms with E-state index in [4.69, 9.17) is 11.6 Å². The lowest BCUT2D eigenvalue weighted by Gasteiger charge is -2.02. The molecule has 1 aromatic heterocycles.